The molecule has 0 fully saturated rings. The normalized spacial score (nSPS) is 14.0. The fraction of sp³-hybridized carbons (Fsp3) is 0.588. The van der Waals surface area contributed by atoms with Gasteiger partial charge in [0.15, 0.2) is 0 Å². The molecule has 19 heavy (non-hydrogen) atoms. The van der Waals surface area contributed by atoms with E-state index in [9.17, 15) is 4.79 Å². The monoisotopic (exact) mass is 264 g/mol. The van der Waals surface area contributed by atoms with Gasteiger partial charge in [-0.2, -0.15) is 0 Å². The Morgan fingerprint density at radius 3 is 2.32 bits per heavy atom. The van der Waals surface area contributed by atoms with Crippen LogP contribution in [0.25, 0.3) is 0 Å². The van der Waals surface area contributed by atoms with E-state index in [1.54, 1.807) is 0 Å². The highest BCUT2D eigenvalue weighted by atomic mass is 16.5. The van der Waals surface area contributed by atoms with Crippen molar-refractivity contribution in [3.05, 3.63) is 34.9 Å². The predicted octanol–water partition coefficient (Wildman–Crippen LogP) is 4.82. The molecule has 0 heterocycles. The van der Waals surface area contributed by atoms with E-state index in [0.29, 0.717) is 5.92 Å². The molecule has 0 amide bonds. The quantitative estimate of drug-likeness (QED) is 0.285. The second kappa shape index (κ2) is 9.60. The number of methoxy groups -OCH3 is 1. The third-order valence-corrected chi connectivity index (χ3v) is 2.90. The van der Waals surface area contributed by atoms with E-state index < -0.39 is 0 Å². The van der Waals surface area contributed by atoms with E-state index in [1.165, 1.54) is 30.8 Å². The maximum absolute atomic E-state index is 11.1. The molecule has 0 aromatic heterocycles. The molecular weight excluding hydrogens is 236 g/mol. The Labute approximate surface area is 118 Å². The van der Waals surface area contributed by atoms with Gasteiger partial charge in [0, 0.05) is 6.08 Å². The zero-order valence-electron chi connectivity index (χ0n) is 13.2. The third-order valence-electron chi connectivity index (χ3n) is 2.90. The van der Waals surface area contributed by atoms with Crippen LogP contribution in [0.5, 0.6) is 0 Å². The Hall–Kier alpha value is -1.31. The van der Waals surface area contributed by atoms with E-state index >= 15 is 0 Å². The molecule has 0 saturated heterocycles. The lowest BCUT2D eigenvalue weighted by Crippen LogP contribution is -1.97. The Balaban J connectivity index is 4.28. The molecule has 0 N–H and O–H groups in total. The third kappa shape index (κ3) is 10.3. The van der Waals surface area contributed by atoms with Gasteiger partial charge in [-0.25, -0.2) is 4.79 Å². The SMILES string of the molecule is COC(=O)/C=C(C)/C=C(\C)CC(C)CCC=C(C)C. The van der Waals surface area contributed by atoms with Crippen molar-refractivity contribution in [2.45, 2.75) is 53.9 Å². The summed E-state index contributed by atoms with van der Waals surface area (Å²) in [6.07, 6.45) is 9.30. The van der Waals surface area contributed by atoms with Crippen molar-refractivity contribution in [3.8, 4) is 0 Å². The van der Waals surface area contributed by atoms with Crippen LogP contribution in [0.15, 0.2) is 34.9 Å². The van der Waals surface area contributed by atoms with Gasteiger partial charge in [-0.15, -0.1) is 0 Å². The Bertz CT molecular complexity index is 369. The standard InChI is InChI=1S/C17H28O2/c1-13(2)8-7-9-14(3)10-15(4)11-16(5)12-17(18)19-6/h8,11-12,14H,7,9-10H2,1-6H3/b15-11+,16-12+. The number of rotatable bonds is 7. The van der Waals surface area contributed by atoms with Crippen LogP contribution in [-0.2, 0) is 9.53 Å². The summed E-state index contributed by atoms with van der Waals surface area (Å²) in [5.41, 5.74) is 3.64. The lowest BCUT2D eigenvalue weighted by atomic mass is 9.96. The Kier molecular flexibility index (Phi) is 8.94. The number of ether oxygens (including phenoxy) is 1. The predicted molar refractivity (Wildman–Crippen MR) is 82.0 cm³/mol. The van der Waals surface area contributed by atoms with Crippen molar-refractivity contribution in [1.82, 2.24) is 0 Å². The summed E-state index contributed by atoms with van der Waals surface area (Å²) < 4.78 is 4.61. The molecular formula is C17H28O2. The van der Waals surface area contributed by atoms with Gasteiger partial charge >= 0.3 is 5.97 Å². The zero-order valence-corrected chi connectivity index (χ0v) is 13.2. The second-order valence-corrected chi connectivity index (χ2v) is 5.57. The molecule has 0 aliphatic heterocycles. The number of carbonyl (C=O) groups is 1. The number of hydrogen-bond donors (Lipinski definition) is 0. The fourth-order valence-corrected chi connectivity index (χ4v) is 2.04. The lowest BCUT2D eigenvalue weighted by molar-refractivity contribution is -0.134. The molecule has 0 aliphatic carbocycles. The van der Waals surface area contributed by atoms with Crippen molar-refractivity contribution in [2.24, 2.45) is 5.92 Å². The smallest absolute Gasteiger partial charge is 0.330 e. The second-order valence-electron chi connectivity index (χ2n) is 5.57. The average Bonchev–Trinajstić information content (AvgIpc) is 2.27. The Morgan fingerprint density at radius 1 is 1.16 bits per heavy atom. The maximum Gasteiger partial charge on any atom is 0.330 e. The minimum atomic E-state index is -0.293. The van der Waals surface area contributed by atoms with Gasteiger partial charge in [0.1, 0.15) is 0 Å². The molecule has 0 radical (unpaired) electrons. The minimum Gasteiger partial charge on any atom is -0.466 e. The average molecular weight is 264 g/mol. The van der Waals surface area contributed by atoms with Crippen LogP contribution < -0.4 is 0 Å². The summed E-state index contributed by atoms with van der Waals surface area (Å²) in [4.78, 5) is 11.1. The lowest BCUT2D eigenvalue weighted by Gasteiger charge is -2.10. The summed E-state index contributed by atoms with van der Waals surface area (Å²) in [5.74, 6) is 0.371. The van der Waals surface area contributed by atoms with E-state index in [2.05, 4.69) is 44.6 Å². The number of esters is 1. The van der Waals surface area contributed by atoms with Crippen molar-refractivity contribution in [2.75, 3.05) is 7.11 Å². The van der Waals surface area contributed by atoms with Crippen LogP contribution >= 0.6 is 0 Å². The van der Waals surface area contributed by atoms with Crippen molar-refractivity contribution in [1.29, 1.82) is 0 Å². The van der Waals surface area contributed by atoms with E-state index in [-0.39, 0.29) is 5.97 Å². The zero-order chi connectivity index (χ0) is 14.8. The summed E-state index contributed by atoms with van der Waals surface area (Å²) >= 11 is 0. The van der Waals surface area contributed by atoms with Gasteiger partial charge < -0.3 is 4.74 Å². The summed E-state index contributed by atoms with van der Waals surface area (Å²) in [5, 5.41) is 0. The largest absolute Gasteiger partial charge is 0.466 e. The first-order valence-corrected chi connectivity index (χ1v) is 6.92. The highest BCUT2D eigenvalue weighted by Gasteiger charge is 2.03. The number of allylic oxidation sites excluding steroid dienone is 5. The summed E-state index contributed by atoms with van der Waals surface area (Å²) in [6, 6.07) is 0. The molecule has 0 spiro atoms. The molecule has 1 atom stereocenters. The van der Waals surface area contributed by atoms with Crippen molar-refractivity contribution >= 4 is 5.97 Å². The van der Waals surface area contributed by atoms with Crippen LogP contribution in [-0.4, -0.2) is 13.1 Å². The van der Waals surface area contributed by atoms with Gasteiger partial charge in [-0.05, 0) is 58.4 Å². The van der Waals surface area contributed by atoms with Crippen LogP contribution in [0.1, 0.15) is 53.9 Å². The molecule has 1 unspecified atom stereocenters. The number of hydrogen-bond acceptors (Lipinski definition) is 2. The van der Waals surface area contributed by atoms with Crippen LogP contribution in [0.2, 0.25) is 0 Å². The van der Waals surface area contributed by atoms with Gasteiger partial charge in [0.25, 0.3) is 0 Å². The molecule has 0 aromatic carbocycles. The van der Waals surface area contributed by atoms with Gasteiger partial charge in [-0.1, -0.05) is 30.2 Å². The summed E-state index contributed by atoms with van der Waals surface area (Å²) in [7, 11) is 1.40. The molecule has 0 rings (SSSR count). The van der Waals surface area contributed by atoms with Crippen molar-refractivity contribution in [3.63, 3.8) is 0 Å². The van der Waals surface area contributed by atoms with Crippen LogP contribution in [0, 0.1) is 5.92 Å². The maximum atomic E-state index is 11.1. The van der Waals surface area contributed by atoms with E-state index in [1.807, 2.05) is 6.92 Å². The van der Waals surface area contributed by atoms with Crippen LogP contribution in [0.4, 0.5) is 0 Å². The van der Waals surface area contributed by atoms with Gasteiger partial charge in [-0.3, -0.25) is 0 Å². The first kappa shape index (κ1) is 17.7. The molecule has 2 heteroatoms. The van der Waals surface area contributed by atoms with Crippen molar-refractivity contribution < 1.29 is 9.53 Å². The molecule has 0 aromatic rings. The first-order chi connectivity index (χ1) is 8.85. The minimum absolute atomic E-state index is 0.293. The fourth-order valence-electron chi connectivity index (χ4n) is 2.04. The first-order valence-electron chi connectivity index (χ1n) is 6.92. The molecule has 0 saturated carbocycles. The van der Waals surface area contributed by atoms with Gasteiger partial charge in [0.05, 0.1) is 7.11 Å². The topological polar surface area (TPSA) is 26.3 Å². The Morgan fingerprint density at radius 2 is 1.79 bits per heavy atom. The molecule has 2 nitrogen and oxygen atoms in total. The van der Waals surface area contributed by atoms with E-state index in [4.69, 9.17) is 0 Å². The molecule has 0 aliphatic rings. The highest BCUT2D eigenvalue weighted by Crippen LogP contribution is 2.18. The van der Waals surface area contributed by atoms with Gasteiger partial charge in [0.2, 0.25) is 0 Å². The van der Waals surface area contributed by atoms with Crippen LogP contribution in [0.3, 0.4) is 0 Å². The molecule has 108 valence electrons. The summed E-state index contributed by atoms with van der Waals surface area (Å²) in [6.45, 7) is 10.6. The molecule has 0 bridgehead atoms. The van der Waals surface area contributed by atoms with E-state index in [0.717, 1.165) is 18.4 Å². The highest BCUT2D eigenvalue weighted by molar-refractivity contribution is 5.83. The number of carbonyl (C=O) groups excluding carboxylic acids is 1.